The van der Waals surface area contributed by atoms with Crippen LogP contribution in [0.2, 0.25) is 0 Å². The zero-order valence-electron chi connectivity index (χ0n) is 60.4. The Bertz CT molecular complexity index is 3190. The van der Waals surface area contributed by atoms with Crippen LogP contribution in [-0.2, 0) is 80.0 Å². The second-order valence-electron chi connectivity index (χ2n) is 27.1. The summed E-state index contributed by atoms with van der Waals surface area (Å²) >= 11 is 0. The summed E-state index contributed by atoms with van der Waals surface area (Å²) < 4.78 is 5.82. The number of nitrogens with zero attached hydrogens (tertiary/aromatic N) is 1. The molecule has 32 heteroatoms. The molecule has 104 heavy (non-hydrogen) atoms. The Morgan fingerprint density at radius 1 is 0.615 bits per heavy atom. The molecule has 578 valence electrons. The summed E-state index contributed by atoms with van der Waals surface area (Å²) in [6, 6.07) is -4.87. The second-order valence-corrected chi connectivity index (χ2v) is 27.1. The average molecular weight is 1460 g/mol. The third-order valence-electron chi connectivity index (χ3n) is 18.4. The number of aromatic hydroxyl groups is 1. The number of hydrogen-bond acceptors (Lipinski definition) is 19. The van der Waals surface area contributed by atoms with Crippen molar-refractivity contribution in [3.05, 3.63) is 59.7 Å². The molecule has 11 amide bonds. The standard InChI is InChI=1S/C72H110N12O20/c1-6-8-9-10-11-12-13-14-15-16-17-20-48(87)41-58(89)76-51(32-35-59(90)91)65(96)77-50(21-18-37-73)64(95)80-55-40-46-25-29-49(30-26-46)104-72(103)61(42(3)7-2)82-67(98)54(39-45-23-27-47(86)28-24-45)81-66(97)52(31-34-57(74)88)78-69(100)56-22-19-38-84(56)71(102)43(4)75-63(94)53(33-36-60(92)93)79-70(101)62(44(5)85)83-68(55)99/h23-30,42-44,48,50-56,61-62,85-87H,6-22,31-41,73H2,1-5H3,(H2,74,88)(H,75,94)(H,76,89)(H,77,96)(H,78,100)(H,79,101)(H,80,95)(H,81,97)(H,82,98)(H,83,99)(H,90,91)(H,92,93)/t42?,43?,44-,48-,50?,51?,52?,53?,54?,55?,56?,61?,62-/m1/s1. The molecular formula is C72H110N12O20. The number of phenols is 1. The largest absolute Gasteiger partial charge is 0.508 e. The number of carbonyl (C=O) groups excluding carboxylic acids is 12. The van der Waals surface area contributed by atoms with Gasteiger partial charge in [-0.2, -0.15) is 0 Å². The number of hydrogen-bond donors (Lipinski definition) is 16. The van der Waals surface area contributed by atoms with Gasteiger partial charge < -0.3 is 94.5 Å². The van der Waals surface area contributed by atoms with Crippen molar-refractivity contribution in [3.63, 3.8) is 0 Å². The van der Waals surface area contributed by atoms with E-state index in [1.165, 1.54) is 87.6 Å². The van der Waals surface area contributed by atoms with Gasteiger partial charge in [0.15, 0.2) is 0 Å². The predicted octanol–water partition coefficient (Wildman–Crippen LogP) is 1.08. The average Bonchev–Trinajstić information content (AvgIpc) is 1.55. The Hall–Kier alpha value is -9.30. The van der Waals surface area contributed by atoms with Crippen molar-refractivity contribution in [2.75, 3.05) is 13.1 Å². The zero-order chi connectivity index (χ0) is 77.0. The number of rotatable bonds is 36. The van der Waals surface area contributed by atoms with Crippen molar-refractivity contribution in [1.29, 1.82) is 0 Å². The highest BCUT2D eigenvalue weighted by atomic mass is 16.5. The Morgan fingerprint density at radius 2 is 1.17 bits per heavy atom. The van der Waals surface area contributed by atoms with E-state index in [2.05, 4.69) is 54.8 Å². The van der Waals surface area contributed by atoms with E-state index in [-0.39, 0.29) is 62.3 Å². The van der Waals surface area contributed by atoms with Crippen LogP contribution in [0.15, 0.2) is 48.5 Å². The number of aliphatic carboxylic acids is 2. The number of ether oxygens (including phenoxy) is 1. The Balaban J connectivity index is 1.75. The number of aliphatic hydroxyl groups excluding tert-OH is 2. The van der Waals surface area contributed by atoms with Gasteiger partial charge in [-0.15, -0.1) is 0 Å². The molecule has 2 bridgehead atoms. The summed E-state index contributed by atoms with van der Waals surface area (Å²) in [5, 5.41) is 74.1. The fourth-order valence-electron chi connectivity index (χ4n) is 12.1. The van der Waals surface area contributed by atoms with Gasteiger partial charge in [0.05, 0.1) is 18.6 Å². The number of benzene rings is 2. The number of esters is 1. The van der Waals surface area contributed by atoms with E-state index >= 15 is 0 Å². The van der Waals surface area contributed by atoms with Crippen LogP contribution in [0, 0.1) is 5.92 Å². The summed E-state index contributed by atoms with van der Waals surface area (Å²) in [6.45, 7) is 7.83. The maximum Gasteiger partial charge on any atom is 0.334 e. The summed E-state index contributed by atoms with van der Waals surface area (Å²) in [6.07, 6.45) is 5.34. The number of amides is 11. The van der Waals surface area contributed by atoms with Gasteiger partial charge in [-0.1, -0.05) is 122 Å². The number of unbranched alkanes of at least 4 members (excludes halogenated alkanes) is 10. The smallest absolute Gasteiger partial charge is 0.334 e. The molecule has 10 unspecified atom stereocenters. The van der Waals surface area contributed by atoms with E-state index in [0.29, 0.717) is 24.8 Å². The molecule has 32 nitrogen and oxygen atoms in total. The molecule has 0 aromatic heterocycles. The molecule has 0 aliphatic carbocycles. The quantitative estimate of drug-likeness (QED) is 0.0196. The molecule has 3 heterocycles. The highest BCUT2D eigenvalue weighted by Gasteiger charge is 2.41. The van der Waals surface area contributed by atoms with Crippen LogP contribution in [0.5, 0.6) is 11.5 Å². The molecule has 0 radical (unpaired) electrons. The van der Waals surface area contributed by atoms with Crippen molar-refractivity contribution in [2.24, 2.45) is 17.4 Å². The highest BCUT2D eigenvalue weighted by molar-refractivity contribution is 5.99. The van der Waals surface area contributed by atoms with Gasteiger partial charge in [0.25, 0.3) is 0 Å². The minimum atomic E-state index is -1.98. The number of carboxylic acids is 2. The Morgan fingerprint density at radius 3 is 1.76 bits per heavy atom. The minimum absolute atomic E-state index is 0.0222. The number of carbonyl (C=O) groups is 14. The van der Waals surface area contributed by atoms with Crippen molar-refractivity contribution in [2.45, 2.75) is 274 Å². The van der Waals surface area contributed by atoms with Crippen LogP contribution in [0.1, 0.15) is 200 Å². The van der Waals surface area contributed by atoms with Gasteiger partial charge in [0.2, 0.25) is 65.0 Å². The molecule has 1 saturated heterocycles. The number of primary amides is 1. The predicted molar refractivity (Wildman–Crippen MR) is 379 cm³/mol. The Labute approximate surface area is 606 Å². The van der Waals surface area contributed by atoms with Gasteiger partial charge >= 0.3 is 17.9 Å². The van der Waals surface area contributed by atoms with E-state index in [9.17, 15) is 92.7 Å². The zero-order valence-corrected chi connectivity index (χ0v) is 60.4. The highest BCUT2D eigenvalue weighted by Crippen LogP contribution is 2.23. The maximum absolute atomic E-state index is 14.8. The molecule has 13 atom stereocenters. The van der Waals surface area contributed by atoms with E-state index in [1.807, 2.05) is 0 Å². The topological polar surface area (TPSA) is 513 Å². The lowest BCUT2D eigenvalue weighted by Gasteiger charge is -2.30. The summed E-state index contributed by atoms with van der Waals surface area (Å²) in [4.78, 5) is 195. The SMILES string of the molecule is CCCCCCCCCCCCC[C@@H](O)CC(=O)NC(CCC(=O)O)C(=O)NC(CCCN)C(=O)NC1Cc2ccc(cc2)OC(=O)C(C(C)CC)NC(=O)C(Cc2ccc(O)cc2)NC(=O)C(CCC(N)=O)NC(=O)C2CCCN2C(=O)C(C)NC(=O)C(CCC(=O)O)NC(=O)[C@@H]([C@@H](C)O)NC1=O. The lowest BCUT2D eigenvalue weighted by Crippen LogP contribution is -2.62. The van der Waals surface area contributed by atoms with Gasteiger partial charge in [0, 0.05) is 38.6 Å². The minimum Gasteiger partial charge on any atom is -0.508 e. The number of fused-ring (bicyclic) bond motifs is 23. The van der Waals surface area contributed by atoms with Crippen LogP contribution in [0.3, 0.4) is 0 Å². The van der Waals surface area contributed by atoms with Crippen LogP contribution >= 0.6 is 0 Å². The van der Waals surface area contributed by atoms with Crippen molar-refractivity contribution >= 4 is 82.9 Å². The first kappa shape index (κ1) is 87.1. The molecule has 0 spiro atoms. The first-order chi connectivity index (χ1) is 49.4. The van der Waals surface area contributed by atoms with E-state index in [0.717, 1.165) is 43.9 Å². The molecule has 5 rings (SSSR count). The van der Waals surface area contributed by atoms with Crippen LogP contribution in [0.25, 0.3) is 0 Å². The summed E-state index contributed by atoms with van der Waals surface area (Å²) in [5.74, 6) is -15.4. The van der Waals surface area contributed by atoms with Crippen molar-refractivity contribution in [3.8, 4) is 11.5 Å². The first-order valence-electron chi connectivity index (χ1n) is 36.3. The molecular weight excluding hydrogens is 1350 g/mol. The number of nitrogens with one attached hydrogen (secondary N) is 9. The fraction of sp³-hybridized carbons (Fsp3) is 0.639. The number of aliphatic hydroxyl groups is 2. The summed E-state index contributed by atoms with van der Waals surface area (Å²) in [7, 11) is 0. The van der Waals surface area contributed by atoms with Crippen LogP contribution in [0.4, 0.5) is 0 Å². The number of phenolic OH excluding ortho intramolecular Hbond substituents is 1. The molecule has 0 saturated carbocycles. The summed E-state index contributed by atoms with van der Waals surface area (Å²) in [5.41, 5.74) is 12.0. The maximum atomic E-state index is 14.8. The third-order valence-corrected chi connectivity index (χ3v) is 18.4. The van der Waals surface area contributed by atoms with Crippen LogP contribution in [-0.4, -0.2) is 199 Å². The van der Waals surface area contributed by atoms with Crippen molar-refractivity contribution < 1.29 is 97.4 Å². The van der Waals surface area contributed by atoms with E-state index in [4.69, 9.17) is 16.2 Å². The van der Waals surface area contributed by atoms with E-state index in [1.54, 1.807) is 13.8 Å². The van der Waals surface area contributed by atoms with Crippen molar-refractivity contribution in [1.82, 2.24) is 52.8 Å². The van der Waals surface area contributed by atoms with Gasteiger partial charge in [-0.3, -0.25) is 62.3 Å². The van der Waals surface area contributed by atoms with Gasteiger partial charge in [-0.05, 0) is 113 Å². The van der Waals surface area contributed by atoms with Gasteiger partial charge in [0.1, 0.15) is 71.9 Å². The normalized spacial score (nSPS) is 21.9. The lowest BCUT2D eigenvalue weighted by molar-refractivity contribution is -0.143. The monoisotopic (exact) mass is 1460 g/mol. The van der Waals surface area contributed by atoms with Crippen LogP contribution < -0.4 is 64.1 Å². The molecule has 3 aliphatic heterocycles. The number of nitrogens with two attached hydrogens (primary N) is 2. The fourth-order valence-corrected chi connectivity index (χ4v) is 12.1. The van der Waals surface area contributed by atoms with E-state index < -0.39 is 213 Å². The second kappa shape index (κ2) is 45.7. The molecule has 3 aliphatic rings. The lowest BCUT2D eigenvalue weighted by atomic mass is 9.97. The third kappa shape index (κ3) is 31.0. The molecule has 18 N–H and O–H groups in total. The molecule has 2 aromatic carbocycles. The first-order valence-corrected chi connectivity index (χ1v) is 36.3. The Kier molecular flexibility index (Phi) is 38.3. The number of carboxylic acid groups (broad SMARTS) is 2. The van der Waals surface area contributed by atoms with Gasteiger partial charge in [-0.25, -0.2) is 4.79 Å². The molecule has 2 aromatic rings. The molecule has 1 fully saturated rings.